The van der Waals surface area contributed by atoms with Gasteiger partial charge in [0.25, 0.3) is 5.91 Å². The molecule has 1 atom stereocenters. The molecule has 0 fully saturated rings. The third kappa shape index (κ3) is 4.67. The summed E-state index contributed by atoms with van der Waals surface area (Å²) in [6.45, 7) is 4.75. The number of carbonyl (C=O) groups is 2. The molecule has 0 radical (unpaired) electrons. The molecule has 8 heteroatoms. The molecule has 1 amide bonds. The fourth-order valence-corrected chi connectivity index (χ4v) is 2.54. The van der Waals surface area contributed by atoms with Crippen LogP contribution in [0, 0.1) is 0 Å². The molecule has 28 heavy (non-hydrogen) atoms. The molecule has 1 heterocycles. The predicted molar refractivity (Wildman–Crippen MR) is 103 cm³/mol. The number of esters is 1. The lowest BCUT2D eigenvalue weighted by Crippen LogP contribution is -2.43. The molecular weight excluding hydrogens is 386 g/mol. The average molecular weight is 406 g/mol. The lowest BCUT2D eigenvalue weighted by atomic mass is 10.1. The van der Waals surface area contributed by atoms with Crippen LogP contribution in [0.2, 0.25) is 5.02 Å². The van der Waals surface area contributed by atoms with Gasteiger partial charge in [-0.15, -0.1) is 0 Å². The molecule has 0 spiro atoms. The van der Waals surface area contributed by atoms with Crippen molar-refractivity contribution in [3.8, 4) is 17.2 Å². The number of halogens is 1. The largest absolute Gasteiger partial charge is 0.476 e. The van der Waals surface area contributed by atoms with Crippen molar-refractivity contribution in [2.45, 2.75) is 32.5 Å². The summed E-state index contributed by atoms with van der Waals surface area (Å²) in [7, 11) is 0. The SMILES string of the molecule is C[C@@H](OC(=O)C(C)(C)Oc1ccc(Cl)cc1)C(=O)Nc1ccc2c(c1)OCO2. The molecule has 2 aromatic carbocycles. The lowest BCUT2D eigenvalue weighted by molar-refractivity contribution is -0.166. The Labute approximate surface area is 167 Å². The molecule has 2 aromatic rings. The van der Waals surface area contributed by atoms with Gasteiger partial charge in [0.05, 0.1) is 0 Å². The van der Waals surface area contributed by atoms with Gasteiger partial charge in [0.1, 0.15) is 5.75 Å². The van der Waals surface area contributed by atoms with Crippen molar-refractivity contribution in [3.63, 3.8) is 0 Å². The number of rotatable bonds is 6. The van der Waals surface area contributed by atoms with Crippen molar-refractivity contribution in [1.29, 1.82) is 0 Å². The van der Waals surface area contributed by atoms with Crippen molar-refractivity contribution in [1.82, 2.24) is 0 Å². The Kier molecular flexibility index (Phi) is 5.65. The molecule has 1 aliphatic rings. The van der Waals surface area contributed by atoms with E-state index in [0.717, 1.165) is 0 Å². The summed E-state index contributed by atoms with van der Waals surface area (Å²) in [5.41, 5.74) is -0.782. The monoisotopic (exact) mass is 405 g/mol. The fourth-order valence-electron chi connectivity index (χ4n) is 2.41. The van der Waals surface area contributed by atoms with Gasteiger partial charge in [-0.1, -0.05) is 11.6 Å². The van der Waals surface area contributed by atoms with E-state index in [2.05, 4.69) is 5.32 Å². The zero-order valence-electron chi connectivity index (χ0n) is 15.7. The van der Waals surface area contributed by atoms with Crippen LogP contribution in [0.1, 0.15) is 20.8 Å². The van der Waals surface area contributed by atoms with Crippen LogP contribution in [0.25, 0.3) is 0 Å². The molecule has 0 bridgehead atoms. The molecule has 0 saturated heterocycles. The van der Waals surface area contributed by atoms with E-state index in [1.165, 1.54) is 6.92 Å². The van der Waals surface area contributed by atoms with Gasteiger partial charge in [-0.05, 0) is 57.2 Å². The van der Waals surface area contributed by atoms with Crippen LogP contribution in [0.3, 0.4) is 0 Å². The molecule has 3 rings (SSSR count). The first-order valence-electron chi connectivity index (χ1n) is 8.61. The molecule has 148 valence electrons. The van der Waals surface area contributed by atoms with E-state index in [4.69, 9.17) is 30.5 Å². The second-order valence-electron chi connectivity index (χ2n) is 6.67. The van der Waals surface area contributed by atoms with Crippen molar-refractivity contribution in [2.75, 3.05) is 12.1 Å². The number of carbonyl (C=O) groups excluding carboxylic acids is 2. The minimum atomic E-state index is -1.29. The first-order chi connectivity index (χ1) is 13.2. The Bertz CT molecular complexity index is 881. The standard InChI is InChI=1S/C20H20ClNO6/c1-12(18(23)22-14-6-9-16-17(10-14)26-11-25-16)27-19(24)20(2,3)28-15-7-4-13(21)5-8-15/h4-10,12H,11H2,1-3H3,(H,22,23)/t12-/m1/s1. The average Bonchev–Trinajstić information content (AvgIpc) is 3.11. The number of benzene rings is 2. The summed E-state index contributed by atoms with van der Waals surface area (Å²) >= 11 is 5.84. The van der Waals surface area contributed by atoms with Gasteiger partial charge in [0.15, 0.2) is 23.2 Å². The van der Waals surface area contributed by atoms with E-state index >= 15 is 0 Å². The lowest BCUT2D eigenvalue weighted by Gasteiger charge is -2.26. The van der Waals surface area contributed by atoms with Crippen molar-refractivity contribution < 1.29 is 28.5 Å². The van der Waals surface area contributed by atoms with Crippen molar-refractivity contribution in [2.24, 2.45) is 0 Å². The molecule has 0 saturated carbocycles. The molecule has 0 aromatic heterocycles. The Morgan fingerprint density at radius 1 is 1.11 bits per heavy atom. The number of hydrogen-bond acceptors (Lipinski definition) is 6. The van der Waals surface area contributed by atoms with Crippen LogP contribution >= 0.6 is 11.6 Å². The highest BCUT2D eigenvalue weighted by molar-refractivity contribution is 6.30. The zero-order chi connectivity index (χ0) is 20.3. The molecule has 1 N–H and O–H groups in total. The van der Waals surface area contributed by atoms with Gasteiger partial charge in [-0.3, -0.25) is 4.79 Å². The number of anilines is 1. The van der Waals surface area contributed by atoms with Crippen molar-refractivity contribution >= 4 is 29.2 Å². The van der Waals surface area contributed by atoms with Crippen LogP contribution in [0.5, 0.6) is 17.2 Å². The minimum Gasteiger partial charge on any atom is -0.476 e. The van der Waals surface area contributed by atoms with E-state index in [1.54, 1.807) is 56.3 Å². The Hall–Kier alpha value is -2.93. The first-order valence-corrected chi connectivity index (χ1v) is 8.98. The van der Waals surface area contributed by atoms with Gasteiger partial charge >= 0.3 is 5.97 Å². The predicted octanol–water partition coefficient (Wildman–Crippen LogP) is 3.80. The Morgan fingerprint density at radius 3 is 2.50 bits per heavy atom. The number of hydrogen-bond donors (Lipinski definition) is 1. The maximum absolute atomic E-state index is 12.5. The highest BCUT2D eigenvalue weighted by Crippen LogP contribution is 2.34. The number of ether oxygens (including phenoxy) is 4. The summed E-state index contributed by atoms with van der Waals surface area (Å²) in [6, 6.07) is 11.6. The van der Waals surface area contributed by atoms with Crippen molar-refractivity contribution in [3.05, 3.63) is 47.5 Å². The molecular formula is C20H20ClNO6. The number of nitrogens with one attached hydrogen (secondary N) is 1. The third-order valence-corrected chi connectivity index (χ3v) is 4.22. The van der Waals surface area contributed by atoms with Crippen LogP contribution in [0.15, 0.2) is 42.5 Å². The highest BCUT2D eigenvalue weighted by atomic mass is 35.5. The minimum absolute atomic E-state index is 0.142. The summed E-state index contributed by atoms with van der Waals surface area (Å²) in [6.07, 6.45) is -1.02. The number of fused-ring (bicyclic) bond motifs is 1. The van der Waals surface area contributed by atoms with Crippen LogP contribution in [-0.2, 0) is 14.3 Å². The quantitative estimate of drug-likeness (QED) is 0.736. The molecule has 0 unspecified atom stereocenters. The molecule has 7 nitrogen and oxygen atoms in total. The summed E-state index contributed by atoms with van der Waals surface area (Å²) in [5.74, 6) is 0.465. The second-order valence-corrected chi connectivity index (χ2v) is 7.11. The smallest absolute Gasteiger partial charge is 0.350 e. The van der Waals surface area contributed by atoms with Gasteiger partial charge in [0, 0.05) is 16.8 Å². The first kappa shape index (κ1) is 19.8. The maximum Gasteiger partial charge on any atom is 0.350 e. The van der Waals surface area contributed by atoms with Crippen LogP contribution in [0.4, 0.5) is 5.69 Å². The highest BCUT2D eigenvalue weighted by Gasteiger charge is 2.34. The zero-order valence-corrected chi connectivity index (χ0v) is 16.4. The maximum atomic E-state index is 12.5. The summed E-state index contributed by atoms with van der Waals surface area (Å²) < 4.78 is 21.4. The third-order valence-electron chi connectivity index (χ3n) is 3.97. The van der Waals surface area contributed by atoms with E-state index in [1.807, 2.05) is 0 Å². The topological polar surface area (TPSA) is 83.1 Å². The normalized spacial score (nSPS) is 13.6. The van der Waals surface area contributed by atoms with Crippen LogP contribution in [-0.4, -0.2) is 30.4 Å². The molecule has 0 aliphatic carbocycles. The van der Waals surface area contributed by atoms with Gasteiger partial charge in [-0.2, -0.15) is 0 Å². The second kappa shape index (κ2) is 7.98. The number of amides is 1. The Morgan fingerprint density at radius 2 is 1.79 bits per heavy atom. The fraction of sp³-hybridized carbons (Fsp3) is 0.300. The van der Waals surface area contributed by atoms with E-state index in [9.17, 15) is 9.59 Å². The summed E-state index contributed by atoms with van der Waals surface area (Å²) in [5, 5.41) is 3.23. The van der Waals surface area contributed by atoms with E-state index in [0.29, 0.717) is 28.0 Å². The molecule has 1 aliphatic heterocycles. The van der Waals surface area contributed by atoms with Gasteiger partial charge in [0.2, 0.25) is 6.79 Å². The summed E-state index contributed by atoms with van der Waals surface area (Å²) in [4.78, 5) is 24.8. The van der Waals surface area contributed by atoms with Gasteiger partial charge < -0.3 is 24.3 Å². The van der Waals surface area contributed by atoms with Gasteiger partial charge in [-0.25, -0.2) is 4.79 Å². The Balaban J connectivity index is 1.57. The van der Waals surface area contributed by atoms with E-state index < -0.39 is 23.6 Å². The van der Waals surface area contributed by atoms with Crippen LogP contribution < -0.4 is 19.5 Å². The van der Waals surface area contributed by atoms with E-state index in [-0.39, 0.29) is 6.79 Å².